The fourth-order valence-electron chi connectivity index (χ4n) is 2.40. The minimum absolute atomic E-state index is 0.0462. The molecular weight excluding hydrogens is 331 g/mol. The number of nitrogens with zero attached hydrogens (tertiary/aromatic N) is 2. The maximum atomic E-state index is 12.7. The molecule has 1 heterocycles. The molecule has 0 spiro atoms. The molecule has 1 aliphatic heterocycles. The second-order valence-electron chi connectivity index (χ2n) is 5.88. The van der Waals surface area contributed by atoms with E-state index in [9.17, 15) is 27.6 Å². The summed E-state index contributed by atoms with van der Waals surface area (Å²) in [5.74, 6) is -2.13. The van der Waals surface area contributed by atoms with E-state index in [1.807, 2.05) is 0 Å². The lowest BCUT2D eigenvalue weighted by Crippen LogP contribution is -2.47. The highest BCUT2D eigenvalue weighted by Crippen LogP contribution is 2.36. The highest BCUT2D eigenvalue weighted by atomic mass is 19.4. The van der Waals surface area contributed by atoms with E-state index >= 15 is 0 Å². The molecule has 0 saturated heterocycles. The van der Waals surface area contributed by atoms with Crippen molar-refractivity contribution < 1.29 is 32.3 Å². The average molecular weight is 349 g/mol. The quantitative estimate of drug-likeness (QED) is 0.724. The lowest BCUT2D eigenvalue weighted by molar-refractivity contribution is -0.169. The van der Waals surface area contributed by atoms with Crippen molar-refractivity contribution in [1.29, 1.82) is 0 Å². The van der Waals surface area contributed by atoms with Crippen LogP contribution in [0.15, 0.2) is 5.10 Å². The Kier molecular flexibility index (Phi) is 5.45. The largest absolute Gasteiger partial charge is 0.451 e. The first-order valence-electron chi connectivity index (χ1n) is 7.56. The van der Waals surface area contributed by atoms with Gasteiger partial charge in [-0.3, -0.25) is 9.59 Å². The first kappa shape index (κ1) is 18.2. The van der Waals surface area contributed by atoms with E-state index in [4.69, 9.17) is 4.74 Å². The van der Waals surface area contributed by atoms with Crippen LogP contribution in [-0.2, 0) is 19.1 Å². The molecule has 10 heteroatoms. The summed E-state index contributed by atoms with van der Waals surface area (Å²) >= 11 is 0. The number of hydrazone groups is 1. The number of nitrogens with one attached hydrogen (secondary N) is 1. The van der Waals surface area contributed by atoms with Crippen molar-refractivity contribution in [3.63, 3.8) is 0 Å². The number of hydrogen-bond donors (Lipinski definition) is 1. The zero-order valence-electron chi connectivity index (χ0n) is 13.1. The van der Waals surface area contributed by atoms with Gasteiger partial charge in [0.25, 0.3) is 5.91 Å². The van der Waals surface area contributed by atoms with Crippen molar-refractivity contribution in [2.24, 2.45) is 11.0 Å². The molecule has 2 rings (SSSR count). The van der Waals surface area contributed by atoms with Crippen LogP contribution in [0.5, 0.6) is 0 Å². The van der Waals surface area contributed by atoms with Gasteiger partial charge < -0.3 is 9.64 Å². The summed E-state index contributed by atoms with van der Waals surface area (Å²) in [4.78, 5) is 35.4. The molecule has 1 saturated carbocycles. The number of ether oxygens (including phenoxy) is 1. The number of esters is 1. The van der Waals surface area contributed by atoms with Gasteiger partial charge in [-0.05, 0) is 25.7 Å². The highest BCUT2D eigenvalue weighted by molar-refractivity contribution is 6.37. The molecule has 1 aliphatic carbocycles. The van der Waals surface area contributed by atoms with E-state index in [2.05, 4.69) is 10.5 Å². The molecule has 0 unspecified atom stereocenters. The van der Waals surface area contributed by atoms with Crippen molar-refractivity contribution in [3.05, 3.63) is 0 Å². The molecule has 2 amide bonds. The second kappa shape index (κ2) is 7.18. The first-order chi connectivity index (χ1) is 11.2. The van der Waals surface area contributed by atoms with Gasteiger partial charge in [-0.2, -0.15) is 18.3 Å². The summed E-state index contributed by atoms with van der Waals surface area (Å²) in [6.45, 7) is -0.610. The topological polar surface area (TPSA) is 88.1 Å². The van der Waals surface area contributed by atoms with Crippen LogP contribution in [0, 0.1) is 5.92 Å². The molecule has 0 bridgehead atoms. The van der Waals surface area contributed by atoms with Gasteiger partial charge in [0, 0.05) is 18.9 Å². The van der Waals surface area contributed by atoms with E-state index in [-0.39, 0.29) is 30.4 Å². The van der Waals surface area contributed by atoms with E-state index in [1.165, 1.54) is 0 Å². The van der Waals surface area contributed by atoms with E-state index in [0.29, 0.717) is 4.90 Å². The van der Waals surface area contributed by atoms with Gasteiger partial charge in [0.1, 0.15) is 12.3 Å². The fourth-order valence-corrected chi connectivity index (χ4v) is 2.40. The molecule has 1 N–H and O–H groups in total. The Balaban J connectivity index is 1.92. The number of amides is 2. The smallest absolute Gasteiger partial charge is 0.406 e. The standard InChI is InChI=1S/C14H18F3N3O4/c1-8(9-2-3-9)20(7-14(15,16)17)12(22)6-24-13(23)10-4-5-11(21)19-18-10/h8-9H,2-7H2,1H3,(H,19,21)/t8-/m0/s1. The van der Waals surface area contributed by atoms with Gasteiger partial charge in [0.2, 0.25) is 5.91 Å². The van der Waals surface area contributed by atoms with Crippen molar-refractivity contribution in [2.45, 2.75) is 44.8 Å². The Morgan fingerprint density at radius 2 is 2.04 bits per heavy atom. The SMILES string of the molecule is C[C@@H](C1CC1)N(CC(F)(F)F)C(=O)COC(=O)C1=NNC(=O)CC1. The number of alkyl halides is 3. The predicted molar refractivity (Wildman–Crippen MR) is 75.7 cm³/mol. The van der Waals surface area contributed by atoms with Gasteiger partial charge in [0.05, 0.1) is 0 Å². The molecule has 24 heavy (non-hydrogen) atoms. The Bertz CT molecular complexity index is 558. The van der Waals surface area contributed by atoms with Crippen LogP contribution in [-0.4, -0.2) is 53.8 Å². The van der Waals surface area contributed by atoms with Gasteiger partial charge in [-0.1, -0.05) is 0 Å². The van der Waals surface area contributed by atoms with Crippen LogP contribution >= 0.6 is 0 Å². The van der Waals surface area contributed by atoms with Crippen molar-refractivity contribution in [3.8, 4) is 0 Å². The molecule has 134 valence electrons. The van der Waals surface area contributed by atoms with Crippen LogP contribution in [0.25, 0.3) is 0 Å². The normalized spacial score (nSPS) is 19.2. The van der Waals surface area contributed by atoms with Crippen LogP contribution < -0.4 is 5.43 Å². The molecule has 0 aromatic rings. The zero-order chi connectivity index (χ0) is 17.9. The monoisotopic (exact) mass is 349 g/mol. The molecular formula is C14H18F3N3O4. The molecule has 0 radical (unpaired) electrons. The minimum Gasteiger partial charge on any atom is -0.451 e. The molecule has 1 atom stereocenters. The second-order valence-corrected chi connectivity index (χ2v) is 5.88. The summed E-state index contributed by atoms with van der Waals surface area (Å²) in [6, 6.07) is -0.566. The third-order valence-electron chi connectivity index (χ3n) is 3.93. The molecule has 7 nitrogen and oxygen atoms in total. The third-order valence-corrected chi connectivity index (χ3v) is 3.93. The van der Waals surface area contributed by atoms with Crippen molar-refractivity contribution in [2.75, 3.05) is 13.2 Å². The van der Waals surface area contributed by atoms with Gasteiger partial charge >= 0.3 is 12.1 Å². The number of hydrogen-bond acceptors (Lipinski definition) is 5. The van der Waals surface area contributed by atoms with Crippen molar-refractivity contribution in [1.82, 2.24) is 10.3 Å². The molecule has 0 aromatic heterocycles. The fraction of sp³-hybridized carbons (Fsp3) is 0.714. The van der Waals surface area contributed by atoms with E-state index < -0.39 is 37.2 Å². The van der Waals surface area contributed by atoms with E-state index in [1.54, 1.807) is 6.92 Å². The maximum Gasteiger partial charge on any atom is 0.406 e. The van der Waals surface area contributed by atoms with Gasteiger partial charge in [0.15, 0.2) is 6.61 Å². The van der Waals surface area contributed by atoms with Gasteiger partial charge in [-0.15, -0.1) is 0 Å². The van der Waals surface area contributed by atoms with Gasteiger partial charge in [-0.25, -0.2) is 10.2 Å². The number of carbonyl (C=O) groups excluding carboxylic acids is 3. The minimum atomic E-state index is -4.53. The van der Waals surface area contributed by atoms with E-state index in [0.717, 1.165) is 12.8 Å². The zero-order valence-corrected chi connectivity index (χ0v) is 13.1. The summed E-state index contributed by atoms with van der Waals surface area (Å²) in [5, 5.41) is 3.50. The maximum absolute atomic E-state index is 12.7. The Labute approximate surface area is 136 Å². The summed E-state index contributed by atoms with van der Waals surface area (Å²) < 4.78 is 42.8. The molecule has 2 aliphatic rings. The van der Waals surface area contributed by atoms with Crippen LogP contribution in [0.2, 0.25) is 0 Å². The average Bonchev–Trinajstić information content (AvgIpc) is 3.34. The first-order valence-corrected chi connectivity index (χ1v) is 7.56. The Morgan fingerprint density at radius 1 is 1.38 bits per heavy atom. The van der Waals surface area contributed by atoms with Crippen LogP contribution in [0.3, 0.4) is 0 Å². The lowest BCUT2D eigenvalue weighted by Gasteiger charge is -2.30. The number of rotatable bonds is 6. The number of carbonyl (C=O) groups is 3. The van der Waals surface area contributed by atoms with Crippen molar-refractivity contribution >= 4 is 23.5 Å². The van der Waals surface area contributed by atoms with Crippen LogP contribution in [0.4, 0.5) is 13.2 Å². The summed E-state index contributed by atoms with van der Waals surface area (Å²) in [7, 11) is 0. The lowest BCUT2D eigenvalue weighted by atomic mass is 10.1. The summed E-state index contributed by atoms with van der Waals surface area (Å²) in [5.41, 5.74) is 2.03. The summed E-state index contributed by atoms with van der Waals surface area (Å²) in [6.07, 6.45) is -2.86. The Hall–Kier alpha value is -2.13. The predicted octanol–water partition coefficient (Wildman–Crippen LogP) is 0.985. The molecule has 0 aromatic carbocycles. The number of halogens is 3. The van der Waals surface area contributed by atoms with Crippen LogP contribution in [0.1, 0.15) is 32.6 Å². The third kappa shape index (κ3) is 5.20. The molecule has 1 fully saturated rings. The highest BCUT2D eigenvalue weighted by Gasteiger charge is 2.40. The Morgan fingerprint density at radius 3 is 2.54 bits per heavy atom.